The number of amides is 1. The van der Waals surface area contributed by atoms with Crippen LogP contribution in [-0.2, 0) is 9.84 Å². The van der Waals surface area contributed by atoms with Crippen LogP contribution in [0.4, 0.5) is 14.5 Å². The van der Waals surface area contributed by atoms with E-state index < -0.39 is 27.4 Å². The number of rotatable bonds is 4. The molecule has 1 saturated heterocycles. The normalized spacial score (nSPS) is 17.1. The van der Waals surface area contributed by atoms with Gasteiger partial charge in [-0.25, -0.2) is 26.9 Å². The molecular formula is C25H22F2N4O3S. The number of anilines is 1. The van der Waals surface area contributed by atoms with Gasteiger partial charge in [0.2, 0.25) is 0 Å². The number of hydrogen-bond acceptors (Lipinski definition) is 5. The monoisotopic (exact) mass is 496 g/mol. The smallest absolute Gasteiger partial charge is 0.256 e. The van der Waals surface area contributed by atoms with Gasteiger partial charge in [-0.2, -0.15) is 5.10 Å². The van der Waals surface area contributed by atoms with E-state index in [2.05, 4.69) is 10.4 Å². The fraction of sp³-hybridized carbons (Fsp3) is 0.240. The highest BCUT2D eigenvalue weighted by Gasteiger charge is 2.32. The third-order valence-corrected chi connectivity index (χ3v) is 7.91. The average Bonchev–Trinajstić information content (AvgIpc) is 3.35. The third kappa shape index (κ3) is 4.41. The highest BCUT2D eigenvalue weighted by Crippen LogP contribution is 2.32. The number of carbonyl (C=O) groups excluding carboxylic acids is 1. The van der Waals surface area contributed by atoms with Crippen LogP contribution in [0.1, 0.15) is 34.1 Å². The average molecular weight is 497 g/mol. The van der Waals surface area contributed by atoms with Gasteiger partial charge in [0.1, 0.15) is 0 Å². The Morgan fingerprint density at radius 2 is 1.80 bits per heavy atom. The Morgan fingerprint density at radius 1 is 1.06 bits per heavy atom. The molecule has 0 unspecified atom stereocenters. The van der Waals surface area contributed by atoms with Crippen LogP contribution < -0.4 is 5.32 Å². The zero-order valence-electron chi connectivity index (χ0n) is 19.0. The summed E-state index contributed by atoms with van der Waals surface area (Å²) in [6.45, 7) is 3.68. The minimum absolute atomic E-state index is 0.0456. The molecule has 1 aliphatic heterocycles. The molecule has 1 fully saturated rings. The molecule has 0 spiro atoms. The maximum Gasteiger partial charge on any atom is 0.256 e. The topological polar surface area (TPSA) is 94.0 Å². The van der Waals surface area contributed by atoms with E-state index in [9.17, 15) is 22.0 Å². The lowest BCUT2D eigenvalue weighted by Crippen LogP contribution is -2.15. The summed E-state index contributed by atoms with van der Waals surface area (Å²) in [5.41, 5.74) is 3.60. The van der Waals surface area contributed by atoms with Crippen molar-refractivity contribution in [1.29, 1.82) is 0 Å². The van der Waals surface area contributed by atoms with Gasteiger partial charge in [-0.05, 0) is 38.5 Å². The van der Waals surface area contributed by atoms with Gasteiger partial charge in [0.15, 0.2) is 27.1 Å². The molecule has 0 aliphatic carbocycles. The van der Waals surface area contributed by atoms with E-state index in [0.717, 1.165) is 23.3 Å². The Hall–Kier alpha value is -3.66. The summed E-state index contributed by atoms with van der Waals surface area (Å²) >= 11 is 0. The van der Waals surface area contributed by atoms with E-state index in [-0.39, 0.29) is 28.8 Å². The van der Waals surface area contributed by atoms with Gasteiger partial charge in [0.25, 0.3) is 5.91 Å². The van der Waals surface area contributed by atoms with E-state index in [1.807, 2.05) is 31.2 Å². The number of carbonyl (C=O) groups is 1. The Kier molecular flexibility index (Phi) is 5.63. The van der Waals surface area contributed by atoms with Crippen LogP contribution in [0.25, 0.3) is 22.3 Å². The highest BCUT2D eigenvalue weighted by molar-refractivity contribution is 7.91. The first-order valence-electron chi connectivity index (χ1n) is 11.0. The van der Waals surface area contributed by atoms with Crippen molar-refractivity contribution in [1.82, 2.24) is 14.8 Å². The van der Waals surface area contributed by atoms with Crippen LogP contribution in [0.3, 0.4) is 0 Å². The van der Waals surface area contributed by atoms with Crippen molar-refractivity contribution in [3.8, 4) is 11.3 Å². The zero-order valence-corrected chi connectivity index (χ0v) is 19.9. The van der Waals surface area contributed by atoms with Crippen molar-refractivity contribution < 1.29 is 22.0 Å². The zero-order chi connectivity index (χ0) is 24.9. The van der Waals surface area contributed by atoms with Gasteiger partial charge < -0.3 is 5.32 Å². The Balaban J connectivity index is 1.67. The quantitative estimate of drug-likeness (QED) is 0.446. The van der Waals surface area contributed by atoms with Crippen LogP contribution in [0, 0.1) is 25.5 Å². The number of nitrogens with one attached hydrogen (secondary N) is 1. The molecule has 180 valence electrons. The standard InChI is InChI=1S/C25H22F2N4O3S/c1-14-3-5-16(6-4-14)22-12-19(25(32)28-17-7-8-20(26)21(27)11-17)23-15(2)30-31(24(23)29-22)18-9-10-35(33,34)13-18/h3-8,11-12,18H,9-10,13H2,1-2H3,(H,28,32)/t18-/m0/s1. The van der Waals surface area contributed by atoms with Crippen molar-refractivity contribution in [2.24, 2.45) is 0 Å². The molecule has 0 bridgehead atoms. The molecular weight excluding hydrogens is 474 g/mol. The van der Waals surface area contributed by atoms with E-state index in [1.165, 1.54) is 6.07 Å². The first kappa shape index (κ1) is 23.1. The summed E-state index contributed by atoms with van der Waals surface area (Å²) < 4.78 is 52.9. The summed E-state index contributed by atoms with van der Waals surface area (Å²) in [4.78, 5) is 18.1. The van der Waals surface area contributed by atoms with E-state index in [4.69, 9.17) is 4.98 Å². The predicted octanol–water partition coefficient (Wildman–Crippen LogP) is 4.61. The van der Waals surface area contributed by atoms with Gasteiger partial charge in [-0.3, -0.25) is 4.79 Å². The van der Waals surface area contributed by atoms with Crippen LogP contribution >= 0.6 is 0 Å². The summed E-state index contributed by atoms with van der Waals surface area (Å²) in [5.74, 6) is -2.61. The largest absolute Gasteiger partial charge is 0.322 e. The van der Waals surface area contributed by atoms with E-state index in [0.29, 0.717) is 28.8 Å². The second-order valence-electron chi connectivity index (χ2n) is 8.79. The number of pyridine rings is 1. The van der Waals surface area contributed by atoms with Gasteiger partial charge in [0.05, 0.1) is 39.9 Å². The number of benzene rings is 2. The Morgan fingerprint density at radius 3 is 2.46 bits per heavy atom. The Labute approximate surface area is 200 Å². The number of aryl methyl sites for hydroxylation is 2. The maximum absolute atomic E-state index is 13.7. The molecule has 10 heteroatoms. The molecule has 4 aromatic rings. The van der Waals surface area contributed by atoms with Crippen LogP contribution in [0.5, 0.6) is 0 Å². The van der Waals surface area contributed by atoms with E-state index >= 15 is 0 Å². The van der Waals surface area contributed by atoms with Gasteiger partial charge in [-0.15, -0.1) is 0 Å². The highest BCUT2D eigenvalue weighted by atomic mass is 32.2. The summed E-state index contributed by atoms with van der Waals surface area (Å²) in [7, 11) is -3.18. The van der Waals surface area contributed by atoms with Gasteiger partial charge >= 0.3 is 0 Å². The molecule has 1 amide bonds. The summed E-state index contributed by atoms with van der Waals surface area (Å²) in [6.07, 6.45) is 0.408. The number of sulfone groups is 1. The Bertz CT molecular complexity index is 1580. The third-order valence-electron chi connectivity index (χ3n) is 6.16. The lowest BCUT2D eigenvalue weighted by atomic mass is 10.0. The molecule has 2 aromatic carbocycles. The second-order valence-corrected chi connectivity index (χ2v) is 11.0. The van der Waals surface area contributed by atoms with Crippen LogP contribution in [-0.4, -0.2) is 40.6 Å². The van der Waals surface area contributed by atoms with Crippen LogP contribution in [0.15, 0.2) is 48.5 Å². The fourth-order valence-corrected chi connectivity index (χ4v) is 6.05. The molecule has 1 N–H and O–H groups in total. The maximum atomic E-state index is 13.7. The lowest BCUT2D eigenvalue weighted by Gasteiger charge is -2.13. The first-order valence-corrected chi connectivity index (χ1v) is 12.9. The number of hydrogen-bond donors (Lipinski definition) is 1. The molecule has 0 radical (unpaired) electrons. The molecule has 1 atom stereocenters. The minimum Gasteiger partial charge on any atom is -0.322 e. The molecule has 35 heavy (non-hydrogen) atoms. The predicted molar refractivity (Wildman–Crippen MR) is 129 cm³/mol. The van der Waals surface area contributed by atoms with Crippen molar-refractivity contribution in [3.05, 3.63) is 77.0 Å². The molecule has 0 saturated carbocycles. The second kappa shape index (κ2) is 8.53. The molecule has 3 heterocycles. The van der Waals surface area contributed by atoms with Crippen molar-refractivity contribution in [3.63, 3.8) is 0 Å². The summed E-state index contributed by atoms with van der Waals surface area (Å²) in [6, 6.07) is 12.0. The number of aromatic nitrogens is 3. The van der Waals surface area contributed by atoms with Crippen molar-refractivity contribution >= 4 is 32.5 Å². The number of fused-ring (bicyclic) bond motifs is 1. The van der Waals surface area contributed by atoms with Crippen molar-refractivity contribution in [2.75, 3.05) is 16.8 Å². The van der Waals surface area contributed by atoms with Crippen LogP contribution in [0.2, 0.25) is 0 Å². The minimum atomic E-state index is -3.18. The van der Waals surface area contributed by atoms with Gasteiger partial charge in [-0.1, -0.05) is 29.8 Å². The van der Waals surface area contributed by atoms with E-state index in [1.54, 1.807) is 17.7 Å². The molecule has 5 rings (SSSR count). The fourth-order valence-electron chi connectivity index (χ4n) is 4.36. The lowest BCUT2D eigenvalue weighted by molar-refractivity contribution is 0.102. The number of halogens is 2. The molecule has 7 nitrogen and oxygen atoms in total. The van der Waals surface area contributed by atoms with Crippen molar-refractivity contribution in [2.45, 2.75) is 26.3 Å². The van der Waals surface area contributed by atoms with Gasteiger partial charge in [0, 0.05) is 17.3 Å². The number of nitrogens with zero attached hydrogens (tertiary/aromatic N) is 3. The first-order chi connectivity index (χ1) is 16.6. The summed E-state index contributed by atoms with van der Waals surface area (Å²) in [5, 5.41) is 7.66. The molecule has 1 aliphatic rings. The molecule has 2 aromatic heterocycles. The SMILES string of the molecule is Cc1ccc(-c2cc(C(=O)Nc3ccc(F)c(F)c3)c3c(C)nn([C@H]4CCS(=O)(=O)C4)c3n2)cc1.